The minimum atomic E-state index is -3.89. The lowest BCUT2D eigenvalue weighted by atomic mass is 9.84. The molecule has 2 aliphatic rings. The van der Waals surface area contributed by atoms with E-state index in [1.165, 1.54) is 25.3 Å². The van der Waals surface area contributed by atoms with Gasteiger partial charge in [-0.15, -0.1) is 0 Å². The molecule has 0 saturated heterocycles. The normalized spacial score (nSPS) is 25.0. The van der Waals surface area contributed by atoms with Crippen molar-refractivity contribution in [2.24, 2.45) is 16.1 Å². The lowest BCUT2D eigenvalue weighted by molar-refractivity contribution is -0.131. The minimum absolute atomic E-state index is 0.0282. The van der Waals surface area contributed by atoms with Gasteiger partial charge in [-0.05, 0) is 42.9 Å². The zero-order chi connectivity index (χ0) is 26.6. The Bertz CT molecular complexity index is 1270. The maximum absolute atomic E-state index is 13.7. The van der Waals surface area contributed by atoms with Gasteiger partial charge in [0.1, 0.15) is 16.9 Å². The standard InChI is InChI=1S/C23H35N4O6PS/c1-14(2)23(6)19(28)18(21(29)27(23)12-11-22(3,4)5)20-24-16-10-9-15(26-35(8,31)32)13-17(16)34(30,25-20)33-7/h9-10,13-14,26,28H,11-12H2,1-8H3,(H,24,25,30). The van der Waals surface area contributed by atoms with Gasteiger partial charge in [-0.1, -0.05) is 34.6 Å². The van der Waals surface area contributed by atoms with E-state index in [4.69, 9.17) is 4.52 Å². The van der Waals surface area contributed by atoms with Gasteiger partial charge in [0, 0.05) is 19.3 Å². The van der Waals surface area contributed by atoms with Crippen molar-refractivity contribution in [2.45, 2.75) is 53.5 Å². The fourth-order valence-electron chi connectivity index (χ4n) is 4.15. The van der Waals surface area contributed by atoms with Crippen LogP contribution in [0.25, 0.3) is 0 Å². The summed E-state index contributed by atoms with van der Waals surface area (Å²) in [4.78, 5) is 15.3. The average molecular weight is 527 g/mol. The SMILES string of the molecule is COP1(=O)N=C(C2=C(O)C(C)(C(C)C)N(CCC(C)(C)C)C2=O)Nc2ccc(NS(C)(=O)=O)cc21. The van der Waals surface area contributed by atoms with Gasteiger partial charge in [-0.2, -0.15) is 4.76 Å². The molecule has 2 heterocycles. The Morgan fingerprint density at radius 2 is 1.94 bits per heavy atom. The van der Waals surface area contributed by atoms with Crippen LogP contribution in [0.2, 0.25) is 0 Å². The minimum Gasteiger partial charge on any atom is -0.509 e. The summed E-state index contributed by atoms with van der Waals surface area (Å²) in [7, 11) is -6.22. The Balaban J connectivity index is 2.10. The molecule has 194 valence electrons. The Labute approximate surface area is 207 Å². The number of nitrogens with zero attached hydrogens (tertiary/aromatic N) is 2. The molecule has 2 aliphatic heterocycles. The summed E-state index contributed by atoms with van der Waals surface area (Å²) in [5, 5.41) is 14.5. The first-order chi connectivity index (χ1) is 15.9. The number of carbonyl (C=O) groups excluding carboxylic acids is 1. The Morgan fingerprint density at radius 3 is 2.46 bits per heavy atom. The van der Waals surface area contributed by atoms with Crippen molar-refractivity contribution in [1.29, 1.82) is 0 Å². The highest BCUT2D eigenvalue weighted by Gasteiger charge is 2.53. The maximum Gasteiger partial charge on any atom is 0.348 e. The Kier molecular flexibility index (Phi) is 6.96. The van der Waals surface area contributed by atoms with Crippen LogP contribution >= 0.6 is 7.52 Å². The van der Waals surface area contributed by atoms with Crippen LogP contribution in [0.15, 0.2) is 34.3 Å². The van der Waals surface area contributed by atoms with Crippen LogP contribution in [0.1, 0.15) is 48.0 Å². The van der Waals surface area contributed by atoms with Crippen molar-refractivity contribution in [3.8, 4) is 0 Å². The van der Waals surface area contributed by atoms with Gasteiger partial charge in [0.05, 0.1) is 17.2 Å². The third-order valence-corrected chi connectivity index (χ3v) is 9.06. The molecule has 2 atom stereocenters. The molecule has 0 aromatic heterocycles. The third-order valence-electron chi connectivity index (χ3n) is 6.52. The van der Waals surface area contributed by atoms with E-state index in [1.807, 2.05) is 20.8 Å². The molecule has 0 fully saturated rings. The number of carbonyl (C=O) groups is 1. The smallest absolute Gasteiger partial charge is 0.348 e. The Morgan fingerprint density at radius 1 is 1.31 bits per heavy atom. The zero-order valence-corrected chi connectivity index (χ0v) is 23.2. The highest BCUT2D eigenvalue weighted by molar-refractivity contribution is 7.92. The van der Waals surface area contributed by atoms with E-state index in [0.717, 1.165) is 12.7 Å². The van der Waals surface area contributed by atoms with Gasteiger partial charge in [-0.25, -0.2) is 8.42 Å². The number of amides is 1. The molecule has 0 spiro atoms. The largest absolute Gasteiger partial charge is 0.509 e. The van der Waals surface area contributed by atoms with Gasteiger partial charge in [0.2, 0.25) is 10.0 Å². The number of rotatable bonds is 7. The number of anilines is 2. The number of aliphatic hydroxyl groups excluding tert-OH is 1. The molecule has 12 heteroatoms. The lowest BCUT2D eigenvalue weighted by Gasteiger charge is -2.40. The van der Waals surface area contributed by atoms with E-state index in [2.05, 4.69) is 35.6 Å². The predicted octanol–water partition coefficient (Wildman–Crippen LogP) is 3.85. The van der Waals surface area contributed by atoms with Gasteiger partial charge in [0.15, 0.2) is 5.84 Å². The quantitative estimate of drug-likeness (QED) is 0.459. The molecular weight excluding hydrogens is 491 g/mol. The van der Waals surface area contributed by atoms with Gasteiger partial charge < -0.3 is 19.8 Å². The second-order valence-corrected chi connectivity index (χ2v) is 14.5. The second-order valence-electron chi connectivity index (χ2n) is 10.7. The number of hydrogen-bond donors (Lipinski definition) is 3. The molecule has 10 nitrogen and oxygen atoms in total. The van der Waals surface area contributed by atoms with Crippen molar-refractivity contribution in [3.63, 3.8) is 0 Å². The lowest BCUT2D eigenvalue weighted by Crippen LogP contribution is -2.50. The summed E-state index contributed by atoms with van der Waals surface area (Å²) >= 11 is 0. The summed E-state index contributed by atoms with van der Waals surface area (Å²) in [6, 6.07) is 4.40. The number of benzene rings is 1. The van der Waals surface area contributed by atoms with E-state index in [0.29, 0.717) is 12.2 Å². The third kappa shape index (κ3) is 5.13. The summed E-state index contributed by atoms with van der Waals surface area (Å²) in [5.41, 5.74) is -0.506. The molecule has 35 heavy (non-hydrogen) atoms. The highest BCUT2D eigenvalue weighted by Crippen LogP contribution is 2.52. The average Bonchev–Trinajstić information content (AvgIpc) is 2.91. The molecule has 1 aromatic carbocycles. The summed E-state index contributed by atoms with van der Waals surface area (Å²) in [6.07, 6.45) is 1.73. The highest BCUT2D eigenvalue weighted by atomic mass is 32.2. The molecule has 1 aromatic rings. The molecule has 0 radical (unpaired) electrons. The van der Waals surface area contributed by atoms with E-state index in [9.17, 15) is 22.9 Å². The molecule has 2 unspecified atom stereocenters. The van der Waals surface area contributed by atoms with E-state index in [-0.39, 0.29) is 39.5 Å². The van der Waals surface area contributed by atoms with Crippen LogP contribution in [0, 0.1) is 11.3 Å². The van der Waals surface area contributed by atoms with Crippen molar-refractivity contribution >= 4 is 46.0 Å². The number of fused-ring (bicyclic) bond motifs is 1. The summed E-state index contributed by atoms with van der Waals surface area (Å²) in [5.74, 6) is -0.701. The number of aliphatic hydroxyl groups is 1. The molecule has 0 aliphatic carbocycles. The Hall–Kier alpha value is -2.36. The van der Waals surface area contributed by atoms with Crippen molar-refractivity contribution in [1.82, 2.24) is 4.90 Å². The maximum atomic E-state index is 13.7. The van der Waals surface area contributed by atoms with Crippen LogP contribution < -0.4 is 15.3 Å². The van der Waals surface area contributed by atoms with Crippen molar-refractivity contribution in [3.05, 3.63) is 29.5 Å². The van der Waals surface area contributed by atoms with Crippen molar-refractivity contribution < 1.29 is 27.4 Å². The number of nitrogens with one attached hydrogen (secondary N) is 2. The molecule has 3 rings (SSSR count). The van der Waals surface area contributed by atoms with Gasteiger partial charge in [0.25, 0.3) is 5.91 Å². The van der Waals surface area contributed by atoms with Crippen LogP contribution in [0.4, 0.5) is 11.4 Å². The van der Waals surface area contributed by atoms with Gasteiger partial charge in [-0.3, -0.25) is 14.1 Å². The number of hydrogen-bond acceptors (Lipinski definition) is 7. The van der Waals surface area contributed by atoms with E-state index in [1.54, 1.807) is 4.90 Å². The van der Waals surface area contributed by atoms with Gasteiger partial charge >= 0.3 is 7.52 Å². The number of sulfonamides is 1. The number of amidine groups is 1. The zero-order valence-electron chi connectivity index (χ0n) is 21.5. The second kappa shape index (κ2) is 8.94. The monoisotopic (exact) mass is 526 g/mol. The summed E-state index contributed by atoms with van der Waals surface area (Å²) in [6.45, 7) is 12.4. The first-order valence-electron chi connectivity index (χ1n) is 11.3. The van der Waals surface area contributed by atoms with E-state index < -0.39 is 29.0 Å². The van der Waals surface area contributed by atoms with Crippen molar-refractivity contribution in [2.75, 3.05) is 29.9 Å². The first kappa shape index (κ1) is 27.2. The summed E-state index contributed by atoms with van der Waals surface area (Å²) < 4.78 is 48.8. The molecule has 3 N–H and O–H groups in total. The van der Waals surface area contributed by atoms with Crippen LogP contribution in [-0.4, -0.2) is 55.6 Å². The molecule has 0 saturated carbocycles. The van der Waals surface area contributed by atoms with Crippen LogP contribution in [0.3, 0.4) is 0 Å². The van der Waals surface area contributed by atoms with Crippen LogP contribution in [-0.2, 0) is 23.9 Å². The topological polar surface area (TPSA) is 137 Å². The predicted molar refractivity (Wildman–Crippen MR) is 139 cm³/mol. The molecule has 1 amide bonds. The fraction of sp³-hybridized carbons (Fsp3) is 0.565. The van der Waals surface area contributed by atoms with E-state index >= 15 is 0 Å². The fourth-order valence-corrected chi connectivity index (χ4v) is 6.24. The van der Waals surface area contributed by atoms with Crippen LogP contribution in [0.5, 0.6) is 0 Å². The molecular formula is C23H35N4O6PS. The first-order valence-corrected chi connectivity index (χ1v) is 14.8. The molecule has 0 bridgehead atoms.